The fourth-order valence-electron chi connectivity index (χ4n) is 3.85. The number of aryl methyl sites for hydroxylation is 1. The van der Waals surface area contributed by atoms with Gasteiger partial charge in [-0.1, -0.05) is 18.7 Å². The molecule has 0 spiro atoms. The molecule has 1 saturated heterocycles. The van der Waals surface area contributed by atoms with Crippen LogP contribution < -0.4 is 14.7 Å². The number of furan rings is 1. The fraction of sp³-hybridized carbons (Fsp3) is 0.381. The minimum atomic E-state index is -0.189. The van der Waals surface area contributed by atoms with Crippen LogP contribution in [0.3, 0.4) is 0 Å². The molecule has 3 heterocycles. The number of hydrogen-bond acceptors (Lipinski definition) is 5. The van der Waals surface area contributed by atoms with Crippen molar-refractivity contribution < 1.29 is 24.0 Å². The van der Waals surface area contributed by atoms with Gasteiger partial charge in [-0.3, -0.25) is 9.69 Å². The van der Waals surface area contributed by atoms with Crippen molar-refractivity contribution in [3.05, 3.63) is 52.7 Å². The van der Waals surface area contributed by atoms with Gasteiger partial charge in [0.25, 0.3) is 0 Å². The van der Waals surface area contributed by atoms with Crippen molar-refractivity contribution in [3.63, 3.8) is 0 Å². The summed E-state index contributed by atoms with van der Waals surface area (Å²) < 4.78 is 11.2. The van der Waals surface area contributed by atoms with E-state index in [1.54, 1.807) is 37.5 Å². The van der Waals surface area contributed by atoms with Crippen LogP contribution in [0, 0.1) is 6.92 Å². The third-order valence-corrected chi connectivity index (χ3v) is 5.46. The smallest absolute Gasteiger partial charge is 0.232 e. The molecule has 2 aliphatic rings. The SMILES string of the molecule is CCN1CC[NH+](Cc2c([O-])cc(C)c3c2OC(=Cc2ccco2)C3=O)CC1. The minimum Gasteiger partial charge on any atom is -0.872 e. The average molecular weight is 368 g/mol. The third kappa shape index (κ3) is 3.38. The number of quaternary nitrogens is 1. The van der Waals surface area contributed by atoms with Crippen LogP contribution in [0.4, 0.5) is 0 Å². The Kier molecular flexibility index (Phi) is 4.76. The summed E-state index contributed by atoms with van der Waals surface area (Å²) in [6, 6.07) is 5.08. The fourth-order valence-corrected chi connectivity index (χ4v) is 3.85. The van der Waals surface area contributed by atoms with Crippen molar-refractivity contribution in [1.29, 1.82) is 0 Å². The van der Waals surface area contributed by atoms with E-state index in [1.165, 1.54) is 4.90 Å². The first-order valence-corrected chi connectivity index (χ1v) is 9.44. The molecule has 6 heteroatoms. The second-order valence-corrected chi connectivity index (χ2v) is 7.19. The van der Waals surface area contributed by atoms with Crippen LogP contribution in [0.2, 0.25) is 0 Å². The molecule has 1 fully saturated rings. The van der Waals surface area contributed by atoms with Crippen molar-refractivity contribution in [3.8, 4) is 11.5 Å². The predicted octanol–water partition coefficient (Wildman–Crippen LogP) is 0.998. The molecule has 0 unspecified atom stereocenters. The van der Waals surface area contributed by atoms with E-state index < -0.39 is 0 Å². The van der Waals surface area contributed by atoms with E-state index in [2.05, 4.69) is 11.8 Å². The number of nitrogens with one attached hydrogen (secondary N) is 1. The number of nitrogens with zero attached hydrogens (tertiary/aromatic N) is 1. The van der Waals surface area contributed by atoms with E-state index in [-0.39, 0.29) is 17.3 Å². The van der Waals surface area contributed by atoms with Crippen molar-refractivity contribution in [2.45, 2.75) is 20.4 Å². The number of hydrogen-bond donors (Lipinski definition) is 1. The van der Waals surface area contributed by atoms with Crippen LogP contribution in [0.25, 0.3) is 6.08 Å². The number of fused-ring (bicyclic) bond motifs is 1. The third-order valence-electron chi connectivity index (χ3n) is 5.46. The first-order chi connectivity index (χ1) is 13.1. The summed E-state index contributed by atoms with van der Waals surface area (Å²) in [7, 11) is 0. The Morgan fingerprint density at radius 1 is 1.33 bits per heavy atom. The molecule has 0 aliphatic carbocycles. The zero-order chi connectivity index (χ0) is 19.0. The quantitative estimate of drug-likeness (QED) is 0.816. The normalized spacial score (nSPS) is 19.5. The maximum absolute atomic E-state index is 12.8. The summed E-state index contributed by atoms with van der Waals surface area (Å²) in [5.41, 5.74) is 1.78. The Hall–Kier alpha value is -2.57. The van der Waals surface area contributed by atoms with E-state index in [4.69, 9.17) is 9.15 Å². The molecule has 27 heavy (non-hydrogen) atoms. The molecule has 142 valence electrons. The van der Waals surface area contributed by atoms with Gasteiger partial charge in [0.15, 0.2) is 5.76 Å². The van der Waals surface area contributed by atoms with Gasteiger partial charge in [0, 0.05) is 24.7 Å². The molecule has 0 saturated carbocycles. The monoisotopic (exact) mass is 368 g/mol. The highest BCUT2D eigenvalue weighted by molar-refractivity contribution is 6.15. The Balaban J connectivity index is 1.63. The number of ether oxygens (including phenoxy) is 1. The van der Waals surface area contributed by atoms with Crippen molar-refractivity contribution >= 4 is 11.9 Å². The van der Waals surface area contributed by atoms with Crippen LogP contribution >= 0.6 is 0 Å². The summed E-state index contributed by atoms with van der Waals surface area (Å²) in [5, 5.41) is 12.7. The lowest BCUT2D eigenvalue weighted by Gasteiger charge is -2.32. The Morgan fingerprint density at radius 2 is 2.11 bits per heavy atom. The molecular formula is C21H24N2O4. The predicted molar refractivity (Wildman–Crippen MR) is 98.8 cm³/mol. The largest absolute Gasteiger partial charge is 0.872 e. The maximum atomic E-state index is 12.8. The number of benzene rings is 1. The van der Waals surface area contributed by atoms with Crippen LogP contribution in [0.5, 0.6) is 11.5 Å². The highest BCUT2D eigenvalue weighted by atomic mass is 16.5. The van der Waals surface area contributed by atoms with E-state index in [0.29, 0.717) is 34.7 Å². The summed E-state index contributed by atoms with van der Waals surface area (Å²) in [6.07, 6.45) is 3.13. The minimum absolute atomic E-state index is 0.0521. The van der Waals surface area contributed by atoms with Crippen LogP contribution in [-0.4, -0.2) is 43.4 Å². The molecule has 0 bridgehead atoms. The van der Waals surface area contributed by atoms with Crippen molar-refractivity contribution in [2.24, 2.45) is 0 Å². The molecule has 0 radical (unpaired) electrons. The molecule has 2 aliphatic heterocycles. The summed E-state index contributed by atoms with van der Waals surface area (Å²) in [6.45, 7) is 9.61. The zero-order valence-electron chi connectivity index (χ0n) is 15.7. The molecular weight excluding hydrogens is 344 g/mol. The lowest BCUT2D eigenvalue weighted by molar-refractivity contribution is -0.918. The first-order valence-electron chi connectivity index (χ1n) is 9.44. The summed E-state index contributed by atoms with van der Waals surface area (Å²) in [4.78, 5) is 16.6. The number of allylic oxidation sites excluding steroid dienone is 1. The molecule has 0 atom stereocenters. The number of rotatable bonds is 4. The van der Waals surface area contributed by atoms with E-state index in [9.17, 15) is 9.90 Å². The number of ketones is 1. The highest BCUT2D eigenvalue weighted by Gasteiger charge is 2.33. The molecule has 1 aromatic heterocycles. The molecule has 2 aromatic rings. The number of Topliss-reactive ketones (excluding diaryl/α,β-unsaturated/α-hetero) is 1. The average Bonchev–Trinajstić information content (AvgIpc) is 3.28. The van der Waals surface area contributed by atoms with Gasteiger partial charge < -0.3 is 19.2 Å². The van der Waals surface area contributed by atoms with E-state index in [1.807, 2.05) is 0 Å². The Labute approximate surface area is 158 Å². The van der Waals surface area contributed by atoms with Gasteiger partial charge in [-0.05, 0) is 31.2 Å². The number of carbonyl (C=O) groups is 1. The van der Waals surface area contributed by atoms with Gasteiger partial charge in [-0.25, -0.2) is 0 Å². The highest BCUT2D eigenvalue weighted by Crippen LogP contribution is 2.40. The number of likely N-dealkylation sites (N-methyl/N-ethyl adjacent to an activating group) is 1. The van der Waals surface area contributed by atoms with E-state index in [0.717, 1.165) is 32.7 Å². The van der Waals surface area contributed by atoms with Crippen LogP contribution in [0.15, 0.2) is 34.6 Å². The lowest BCUT2D eigenvalue weighted by Crippen LogP contribution is -3.13. The molecule has 0 amide bonds. The number of carbonyl (C=O) groups excluding carboxylic acids is 1. The maximum Gasteiger partial charge on any atom is 0.232 e. The molecule has 1 aromatic carbocycles. The molecule has 1 N–H and O–H groups in total. The zero-order valence-corrected chi connectivity index (χ0v) is 15.7. The van der Waals surface area contributed by atoms with Gasteiger partial charge in [-0.2, -0.15) is 0 Å². The molecule has 4 rings (SSSR count). The van der Waals surface area contributed by atoms with Crippen molar-refractivity contribution in [1.82, 2.24) is 4.90 Å². The van der Waals surface area contributed by atoms with Gasteiger partial charge >= 0.3 is 0 Å². The molecule has 6 nitrogen and oxygen atoms in total. The van der Waals surface area contributed by atoms with Crippen molar-refractivity contribution in [2.75, 3.05) is 32.7 Å². The standard InChI is InChI=1S/C21H24N2O4/c1-3-22-6-8-23(9-7-22)13-16-17(24)11-14(2)19-20(25)18(27-21(16)19)12-15-5-4-10-26-15/h4-5,10-12,24H,3,6-9,13H2,1-2H3. The lowest BCUT2D eigenvalue weighted by atomic mass is 9.99. The summed E-state index contributed by atoms with van der Waals surface area (Å²) >= 11 is 0. The van der Waals surface area contributed by atoms with E-state index >= 15 is 0 Å². The second-order valence-electron chi connectivity index (χ2n) is 7.19. The first kappa shape index (κ1) is 17.8. The second kappa shape index (κ2) is 7.21. The summed E-state index contributed by atoms with van der Waals surface area (Å²) in [5.74, 6) is 0.956. The van der Waals surface area contributed by atoms with Crippen LogP contribution in [0.1, 0.15) is 34.2 Å². The Morgan fingerprint density at radius 3 is 2.78 bits per heavy atom. The van der Waals surface area contributed by atoms with Gasteiger partial charge in [0.05, 0.1) is 24.9 Å². The van der Waals surface area contributed by atoms with Crippen LogP contribution in [-0.2, 0) is 6.54 Å². The van der Waals surface area contributed by atoms with Gasteiger partial charge in [0.2, 0.25) is 5.78 Å². The number of piperazine rings is 1. The topological polar surface area (TPSA) is 70.2 Å². The Bertz CT molecular complexity index is 878. The van der Waals surface area contributed by atoms with Gasteiger partial charge in [0.1, 0.15) is 18.1 Å². The van der Waals surface area contributed by atoms with Gasteiger partial charge in [-0.15, -0.1) is 0 Å².